The molecular formula is C17H16BrN5. The molecule has 0 amide bonds. The number of benzene rings is 2. The fourth-order valence-corrected chi connectivity index (χ4v) is 3.46. The van der Waals surface area contributed by atoms with Crippen LogP contribution in [0.4, 0.5) is 5.95 Å². The van der Waals surface area contributed by atoms with E-state index in [0.29, 0.717) is 5.95 Å². The van der Waals surface area contributed by atoms with Gasteiger partial charge in [-0.05, 0) is 47.0 Å². The van der Waals surface area contributed by atoms with Gasteiger partial charge in [-0.15, -0.1) is 0 Å². The summed E-state index contributed by atoms with van der Waals surface area (Å²) in [4.78, 5) is 0. The van der Waals surface area contributed by atoms with Gasteiger partial charge in [-0.1, -0.05) is 63.0 Å². The second kappa shape index (κ2) is 5.77. The number of anilines is 1. The van der Waals surface area contributed by atoms with Crippen molar-refractivity contribution in [3.05, 3.63) is 69.7 Å². The summed E-state index contributed by atoms with van der Waals surface area (Å²) in [6.45, 7) is 2.10. The van der Waals surface area contributed by atoms with E-state index < -0.39 is 0 Å². The van der Waals surface area contributed by atoms with E-state index in [9.17, 15) is 0 Å². The molecule has 2 heterocycles. The first-order valence-corrected chi connectivity index (χ1v) is 8.36. The van der Waals surface area contributed by atoms with Crippen LogP contribution in [0, 0.1) is 6.92 Å². The zero-order valence-corrected chi connectivity index (χ0v) is 14.2. The Morgan fingerprint density at radius 3 is 2.74 bits per heavy atom. The highest BCUT2D eigenvalue weighted by atomic mass is 79.9. The summed E-state index contributed by atoms with van der Waals surface area (Å²) in [5.74, 6) is 0.715. The summed E-state index contributed by atoms with van der Waals surface area (Å²) in [5.41, 5.74) is 3.71. The van der Waals surface area contributed by atoms with E-state index in [1.54, 1.807) is 0 Å². The standard InChI is InChI=1S/C17H16BrN5/c1-11-5-7-12(8-6-11)16-10-15(13-3-2-4-14(18)9-13)19-17-20-21-22-23(16)17/h2-9,15-16H,10H2,1H3,(H,19,20,22)/t15-,16+/m0/s1. The number of rotatable bonds is 2. The molecule has 3 aromatic rings. The molecule has 23 heavy (non-hydrogen) atoms. The minimum atomic E-state index is 0.130. The molecule has 4 rings (SSSR count). The highest BCUT2D eigenvalue weighted by Crippen LogP contribution is 2.37. The smallest absolute Gasteiger partial charge is 0.243 e. The third kappa shape index (κ3) is 2.74. The lowest BCUT2D eigenvalue weighted by atomic mass is 9.93. The van der Waals surface area contributed by atoms with Crippen LogP contribution in [0.15, 0.2) is 53.0 Å². The van der Waals surface area contributed by atoms with E-state index in [2.05, 4.69) is 86.2 Å². The molecule has 116 valence electrons. The fraction of sp³-hybridized carbons (Fsp3) is 0.235. The monoisotopic (exact) mass is 369 g/mol. The molecule has 0 saturated carbocycles. The Bertz CT molecular complexity index is 827. The summed E-state index contributed by atoms with van der Waals surface area (Å²) in [6.07, 6.45) is 0.900. The average molecular weight is 370 g/mol. The van der Waals surface area contributed by atoms with Crippen LogP contribution in [-0.4, -0.2) is 20.2 Å². The highest BCUT2D eigenvalue weighted by molar-refractivity contribution is 9.10. The number of aromatic nitrogens is 4. The van der Waals surface area contributed by atoms with E-state index >= 15 is 0 Å². The van der Waals surface area contributed by atoms with Crippen LogP contribution in [0.2, 0.25) is 0 Å². The Balaban J connectivity index is 1.73. The van der Waals surface area contributed by atoms with Crippen LogP contribution >= 0.6 is 15.9 Å². The first-order valence-electron chi connectivity index (χ1n) is 7.57. The van der Waals surface area contributed by atoms with E-state index in [0.717, 1.165) is 10.9 Å². The number of nitrogens with zero attached hydrogens (tertiary/aromatic N) is 4. The first-order chi connectivity index (χ1) is 11.2. The van der Waals surface area contributed by atoms with Gasteiger partial charge in [0, 0.05) is 4.47 Å². The molecule has 1 aliphatic heterocycles. The third-order valence-corrected chi connectivity index (χ3v) is 4.76. The third-order valence-electron chi connectivity index (χ3n) is 4.26. The molecule has 1 N–H and O–H groups in total. The topological polar surface area (TPSA) is 55.6 Å². The van der Waals surface area contributed by atoms with Crippen molar-refractivity contribution in [3.8, 4) is 0 Å². The minimum Gasteiger partial charge on any atom is -0.346 e. The second-order valence-corrected chi connectivity index (χ2v) is 6.78. The van der Waals surface area contributed by atoms with Gasteiger partial charge in [0.25, 0.3) is 0 Å². The molecule has 0 bridgehead atoms. The van der Waals surface area contributed by atoms with Gasteiger partial charge in [0.2, 0.25) is 5.95 Å². The molecule has 0 spiro atoms. The summed E-state index contributed by atoms with van der Waals surface area (Å²) < 4.78 is 2.95. The predicted octanol–water partition coefficient (Wildman–Crippen LogP) is 3.89. The fourth-order valence-electron chi connectivity index (χ4n) is 3.05. The van der Waals surface area contributed by atoms with Gasteiger partial charge in [0.15, 0.2) is 0 Å². The van der Waals surface area contributed by atoms with E-state index in [1.165, 1.54) is 16.7 Å². The number of hydrogen-bond donors (Lipinski definition) is 1. The maximum Gasteiger partial charge on any atom is 0.243 e. The van der Waals surface area contributed by atoms with Crippen molar-refractivity contribution in [2.75, 3.05) is 5.32 Å². The normalized spacial score (nSPS) is 19.9. The largest absolute Gasteiger partial charge is 0.346 e. The van der Waals surface area contributed by atoms with Gasteiger partial charge in [-0.3, -0.25) is 0 Å². The lowest BCUT2D eigenvalue weighted by Gasteiger charge is -2.31. The molecule has 0 fully saturated rings. The van der Waals surface area contributed by atoms with E-state index in [1.807, 2.05) is 10.7 Å². The summed E-state index contributed by atoms with van der Waals surface area (Å²) in [5, 5.41) is 15.6. The van der Waals surface area contributed by atoms with Gasteiger partial charge < -0.3 is 5.32 Å². The molecule has 0 radical (unpaired) electrons. The highest BCUT2D eigenvalue weighted by Gasteiger charge is 2.30. The van der Waals surface area contributed by atoms with Crippen LogP contribution in [0.1, 0.15) is 35.2 Å². The lowest BCUT2D eigenvalue weighted by Crippen LogP contribution is -2.28. The van der Waals surface area contributed by atoms with E-state index in [-0.39, 0.29) is 12.1 Å². The van der Waals surface area contributed by atoms with Crippen LogP contribution in [0.3, 0.4) is 0 Å². The number of halogens is 1. The Labute approximate surface area is 142 Å². The van der Waals surface area contributed by atoms with Crippen molar-refractivity contribution >= 4 is 21.9 Å². The molecule has 5 nitrogen and oxygen atoms in total. The van der Waals surface area contributed by atoms with Crippen LogP contribution < -0.4 is 5.32 Å². The molecule has 6 heteroatoms. The minimum absolute atomic E-state index is 0.130. The van der Waals surface area contributed by atoms with Crippen molar-refractivity contribution in [1.82, 2.24) is 20.2 Å². The van der Waals surface area contributed by atoms with Crippen molar-refractivity contribution in [2.45, 2.75) is 25.4 Å². The summed E-state index contributed by atoms with van der Waals surface area (Å²) in [7, 11) is 0. The summed E-state index contributed by atoms with van der Waals surface area (Å²) >= 11 is 3.55. The lowest BCUT2D eigenvalue weighted by molar-refractivity contribution is 0.423. The maximum atomic E-state index is 4.17. The Hall–Kier alpha value is -2.21. The quantitative estimate of drug-likeness (QED) is 0.744. The molecule has 2 aromatic carbocycles. The van der Waals surface area contributed by atoms with Crippen molar-refractivity contribution in [1.29, 1.82) is 0 Å². The SMILES string of the molecule is Cc1ccc([C@H]2C[C@@H](c3cccc(Br)c3)Nc3nnnn32)cc1. The Morgan fingerprint density at radius 2 is 1.96 bits per heavy atom. The van der Waals surface area contributed by atoms with Crippen LogP contribution in [-0.2, 0) is 0 Å². The van der Waals surface area contributed by atoms with Crippen molar-refractivity contribution < 1.29 is 0 Å². The van der Waals surface area contributed by atoms with Gasteiger partial charge in [0.1, 0.15) is 0 Å². The molecular weight excluding hydrogens is 354 g/mol. The Kier molecular flexibility index (Phi) is 3.61. The molecule has 2 atom stereocenters. The first kappa shape index (κ1) is 14.4. The molecule has 1 aliphatic rings. The van der Waals surface area contributed by atoms with Gasteiger partial charge in [0.05, 0.1) is 12.1 Å². The number of tetrazole rings is 1. The van der Waals surface area contributed by atoms with Crippen molar-refractivity contribution in [3.63, 3.8) is 0 Å². The number of nitrogens with one attached hydrogen (secondary N) is 1. The predicted molar refractivity (Wildman–Crippen MR) is 92.3 cm³/mol. The number of hydrogen-bond acceptors (Lipinski definition) is 4. The number of fused-ring (bicyclic) bond motifs is 1. The zero-order chi connectivity index (χ0) is 15.8. The van der Waals surface area contributed by atoms with Gasteiger partial charge in [-0.25, -0.2) is 4.68 Å². The Morgan fingerprint density at radius 1 is 1.13 bits per heavy atom. The molecule has 0 saturated heterocycles. The average Bonchev–Trinajstić information content (AvgIpc) is 3.03. The van der Waals surface area contributed by atoms with E-state index in [4.69, 9.17) is 0 Å². The van der Waals surface area contributed by atoms with Gasteiger partial charge >= 0.3 is 0 Å². The van der Waals surface area contributed by atoms with Crippen LogP contribution in [0.5, 0.6) is 0 Å². The molecule has 0 aliphatic carbocycles. The summed E-state index contributed by atoms with van der Waals surface area (Å²) in [6, 6.07) is 17.3. The number of aryl methyl sites for hydroxylation is 1. The molecule has 0 unspecified atom stereocenters. The second-order valence-electron chi connectivity index (χ2n) is 5.86. The van der Waals surface area contributed by atoms with Crippen molar-refractivity contribution in [2.24, 2.45) is 0 Å². The molecule has 1 aromatic heterocycles. The van der Waals surface area contributed by atoms with Gasteiger partial charge in [-0.2, -0.15) is 0 Å². The zero-order valence-electron chi connectivity index (χ0n) is 12.6. The maximum absolute atomic E-state index is 4.17. The van der Waals surface area contributed by atoms with Crippen LogP contribution in [0.25, 0.3) is 0 Å².